The standard InChI is InChI=1S/C17H16F3NO3S/c1-24-14-7-8-16-12(10-14)4-3-9-21(16)25(22,23)15-6-2-5-13(11-15)17(18,19)20/h2,5-8,10-11H,3-4,9H2,1H3. The smallest absolute Gasteiger partial charge is 0.416 e. The van der Waals surface area contributed by atoms with Gasteiger partial charge in [0.15, 0.2) is 0 Å². The number of benzene rings is 2. The Hall–Kier alpha value is -2.22. The number of hydrogen-bond donors (Lipinski definition) is 0. The molecule has 2 aromatic carbocycles. The molecule has 0 aliphatic carbocycles. The second-order valence-corrected chi connectivity index (χ2v) is 7.56. The lowest BCUT2D eigenvalue weighted by atomic mass is 10.0. The Kier molecular flexibility index (Phi) is 4.40. The summed E-state index contributed by atoms with van der Waals surface area (Å²) < 4.78 is 70.8. The molecule has 3 rings (SSSR count). The Morgan fingerprint density at radius 3 is 2.56 bits per heavy atom. The molecule has 25 heavy (non-hydrogen) atoms. The van der Waals surface area contributed by atoms with E-state index in [1.54, 1.807) is 18.2 Å². The first-order chi connectivity index (χ1) is 11.7. The number of anilines is 1. The minimum Gasteiger partial charge on any atom is -0.497 e. The van der Waals surface area contributed by atoms with E-state index in [1.807, 2.05) is 0 Å². The molecular formula is C17H16F3NO3S. The molecule has 0 spiro atoms. The lowest BCUT2D eigenvalue weighted by molar-refractivity contribution is -0.137. The zero-order valence-corrected chi connectivity index (χ0v) is 14.2. The van der Waals surface area contributed by atoms with E-state index < -0.39 is 21.8 Å². The minimum absolute atomic E-state index is 0.220. The summed E-state index contributed by atoms with van der Waals surface area (Å²) in [5, 5.41) is 0. The van der Waals surface area contributed by atoms with Gasteiger partial charge >= 0.3 is 6.18 Å². The molecule has 1 aliphatic heterocycles. The topological polar surface area (TPSA) is 46.6 Å². The van der Waals surface area contributed by atoms with Gasteiger partial charge in [0.25, 0.3) is 10.0 Å². The van der Waals surface area contributed by atoms with Crippen LogP contribution in [0, 0.1) is 0 Å². The molecule has 2 aromatic rings. The van der Waals surface area contributed by atoms with E-state index in [9.17, 15) is 21.6 Å². The highest BCUT2D eigenvalue weighted by molar-refractivity contribution is 7.92. The summed E-state index contributed by atoms with van der Waals surface area (Å²) in [6.07, 6.45) is -3.34. The summed E-state index contributed by atoms with van der Waals surface area (Å²) in [4.78, 5) is -0.369. The molecule has 0 amide bonds. The van der Waals surface area contributed by atoms with Gasteiger partial charge in [0.05, 0.1) is 23.3 Å². The number of halogens is 3. The molecule has 0 aromatic heterocycles. The van der Waals surface area contributed by atoms with Gasteiger partial charge in [0.2, 0.25) is 0 Å². The van der Waals surface area contributed by atoms with E-state index in [0.717, 1.165) is 17.7 Å². The molecule has 0 unspecified atom stereocenters. The summed E-state index contributed by atoms with van der Waals surface area (Å²) in [5.41, 5.74) is 0.283. The molecular weight excluding hydrogens is 355 g/mol. The van der Waals surface area contributed by atoms with Gasteiger partial charge in [-0.3, -0.25) is 4.31 Å². The van der Waals surface area contributed by atoms with Crippen LogP contribution in [0.25, 0.3) is 0 Å². The predicted octanol–water partition coefficient (Wildman–Crippen LogP) is 3.86. The van der Waals surface area contributed by atoms with Gasteiger partial charge in [-0.05, 0) is 54.8 Å². The van der Waals surface area contributed by atoms with Crippen LogP contribution < -0.4 is 9.04 Å². The third-order valence-corrected chi connectivity index (χ3v) is 5.92. The maximum absolute atomic E-state index is 12.9. The number of nitrogens with zero attached hydrogens (tertiary/aromatic N) is 1. The molecule has 8 heteroatoms. The normalized spacial score (nSPS) is 15.0. The van der Waals surface area contributed by atoms with Crippen LogP contribution in [0.3, 0.4) is 0 Å². The fraction of sp³-hybridized carbons (Fsp3) is 0.294. The third kappa shape index (κ3) is 3.30. The number of alkyl halides is 3. The zero-order valence-electron chi connectivity index (χ0n) is 13.4. The van der Waals surface area contributed by atoms with Crippen LogP contribution in [0.2, 0.25) is 0 Å². The van der Waals surface area contributed by atoms with Crippen LogP contribution in [0.1, 0.15) is 17.5 Å². The van der Waals surface area contributed by atoms with Crippen LogP contribution in [-0.2, 0) is 22.6 Å². The molecule has 0 atom stereocenters. The average Bonchev–Trinajstić information content (AvgIpc) is 2.60. The summed E-state index contributed by atoms with van der Waals surface area (Å²) in [5.74, 6) is 0.608. The quantitative estimate of drug-likeness (QED) is 0.823. The van der Waals surface area contributed by atoms with Crippen molar-refractivity contribution in [1.29, 1.82) is 0 Å². The summed E-state index contributed by atoms with van der Waals surface area (Å²) in [6.45, 7) is 0.220. The number of rotatable bonds is 3. The highest BCUT2D eigenvalue weighted by Crippen LogP contribution is 2.36. The van der Waals surface area contributed by atoms with Crippen LogP contribution in [0.4, 0.5) is 18.9 Å². The summed E-state index contributed by atoms with van der Waals surface area (Å²) in [6, 6.07) is 8.83. The Morgan fingerprint density at radius 1 is 1.12 bits per heavy atom. The molecule has 4 nitrogen and oxygen atoms in total. The SMILES string of the molecule is COc1ccc2c(c1)CCCN2S(=O)(=O)c1cccc(C(F)(F)F)c1. The van der Waals surface area contributed by atoms with E-state index in [-0.39, 0.29) is 11.4 Å². The molecule has 0 N–H and O–H groups in total. The number of fused-ring (bicyclic) bond motifs is 1. The second kappa shape index (κ2) is 6.25. The number of ether oxygens (including phenoxy) is 1. The largest absolute Gasteiger partial charge is 0.497 e. The lowest BCUT2D eigenvalue weighted by Gasteiger charge is -2.30. The van der Waals surface area contributed by atoms with E-state index >= 15 is 0 Å². The first-order valence-electron chi connectivity index (χ1n) is 7.60. The van der Waals surface area contributed by atoms with Gasteiger partial charge < -0.3 is 4.74 Å². The van der Waals surface area contributed by atoms with Gasteiger partial charge in [-0.15, -0.1) is 0 Å². The first-order valence-corrected chi connectivity index (χ1v) is 9.04. The zero-order chi connectivity index (χ0) is 18.2. The predicted molar refractivity (Wildman–Crippen MR) is 87.3 cm³/mol. The van der Waals surface area contributed by atoms with Crippen molar-refractivity contribution in [3.8, 4) is 5.75 Å². The van der Waals surface area contributed by atoms with Gasteiger partial charge in [-0.25, -0.2) is 8.42 Å². The maximum Gasteiger partial charge on any atom is 0.416 e. The summed E-state index contributed by atoms with van der Waals surface area (Å²) >= 11 is 0. The fourth-order valence-corrected chi connectivity index (χ4v) is 4.46. The van der Waals surface area contributed by atoms with Gasteiger partial charge in [0.1, 0.15) is 5.75 Å². The van der Waals surface area contributed by atoms with E-state index in [4.69, 9.17) is 4.74 Å². The van der Waals surface area contributed by atoms with Crippen molar-refractivity contribution in [1.82, 2.24) is 0 Å². The first kappa shape index (κ1) is 17.6. The number of methoxy groups -OCH3 is 1. The fourth-order valence-electron chi connectivity index (χ4n) is 2.88. The number of hydrogen-bond acceptors (Lipinski definition) is 3. The highest BCUT2D eigenvalue weighted by atomic mass is 32.2. The van der Waals surface area contributed by atoms with Crippen molar-refractivity contribution < 1.29 is 26.3 Å². The lowest BCUT2D eigenvalue weighted by Crippen LogP contribution is -2.35. The van der Waals surface area contributed by atoms with Crippen molar-refractivity contribution in [3.05, 3.63) is 53.6 Å². The van der Waals surface area contributed by atoms with Gasteiger partial charge in [-0.2, -0.15) is 13.2 Å². The number of sulfonamides is 1. The molecule has 0 saturated carbocycles. The molecule has 0 saturated heterocycles. The van der Waals surface area contributed by atoms with E-state index in [0.29, 0.717) is 30.3 Å². The van der Waals surface area contributed by atoms with Gasteiger partial charge in [0, 0.05) is 6.54 Å². The Bertz CT molecular complexity index is 894. The van der Waals surface area contributed by atoms with Crippen LogP contribution in [-0.4, -0.2) is 22.1 Å². The van der Waals surface area contributed by atoms with E-state index in [1.165, 1.54) is 17.5 Å². The van der Waals surface area contributed by atoms with Crippen molar-refractivity contribution >= 4 is 15.7 Å². The van der Waals surface area contributed by atoms with Crippen molar-refractivity contribution in [2.45, 2.75) is 23.9 Å². The molecule has 134 valence electrons. The molecule has 0 radical (unpaired) electrons. The van der Waals surface area contributed by atoms with Crippen molar-refractivity contribution in [2.75, 3.05) is 18.0 Å². The third-order valence-electron chi connectivity index (χ3n) is 4.11. The maximum atomic E-state index is 12.9. The monoisotopic (exact) mass is 371 g/mol. The summed E-state index contributed by atoms with van der Waals surface area (Å²) in [7, 11) is -2.57. The highest BCUT2D eigenvalue weighted by Gasteiger charge is 2.34. The Morgan fingerprint density at radius 2 is 1.88 bits per heavy atom. The second-order valence-electron chi connectivity index (χ2n) is 5.70. The van der Waals surface area contributed by atoms with Crippen molar-refractivity contribution in [3.63, 3.8) is 0 Å². The van der Waals surface area contributed by atoms with Crippen molar-refractivity contribution in [2.24, 2.45) is 0 Å². The molecule has 0 fully saturated rings. The number of aryl methyl sites for hydroxylation is 1. The molecule has 1 aliphatic rings. The molecule has 1 heterocycles. The van der Waals surface area contributed by atoms with Crippen LogP contribution in [0.15, 0.2) is 47.4 Å². The minimum atomic E-state index is -4.60. The van der Waals surface area contributed by atoms with Gasteiger partial charge in [-0.1, -0.05) is 6.07 Å². The Labute approximate surface area is 143 Å². The Balaban J connectivity index is 2.05. The van der Waals surface area contributed by atoms with E-state index in [2.05, 4.69) is 0 Å². The van der Waals surface area contributed by atoms with Crippen LogP contribution >= 0.6 is 0 Å². The molecule has 0 bridgehead atoms. The van der Waals surface area contributed by atoms with Crippen LogP contribution in [0.5, 0.6) is 5.75 Å². The average molecular weight is 371 g/mol.